The number of nitrogens with zero attached hydrogens (tertiary/aromatic N) is 2. The van der Waals surface area contributed by atoms with Gasteiger partial charge >= 0.3 is 0 Å². The van der Waals surface area contributed by atoms with Gasteiger partial charge in [-0.1, -0.05) is 24.6 Å². The molecule has 1 amide bonds. The average molecular weight is 351 g/mol. The number of carbonyl (C=O) groups is 1. The van der Waals surface area contributed by atoms with E-state index in [4.69, 9.17) is 0 Å². The van der Waals surface area contributed by atoms with E-state index in [1.54, 1.807) is 4.68 Å². The second-order valence-electron chi connectivity index (χ2n) is 7.73. The van der Waals surface area contributed by atoms with E-state index in [-0.39, 0.29) is 17.0 Å². The zero-order chi connectivity index (χ0) is 18.1. The Bertz CT molecular complexity index is 859. The summed E-state index contributed by atoms with van der Waals surface area (Å²) in [5.41, 5.74) is 1.18. The number of benzene rings is 1. The summed E-state index contributed by atoms with van der Waals surface area (Å²) in [6.45, 7) is 2.44. The van der Waals surface area contributed by atoms with Crippen LogP contribution in [0, 0.1) is 24.7 Å². The first-order valence-corrected chi connectivity index (χ1v) is 9.56. The van der Waals surface area contributed by atoms with Gasteiger partial charge in [-0.2, -0.15) is 5.10 Å². The number of fused-ring (bicyclic) bond motifs is 2. The Morgan fingerprint density at radius 3 is 2.73 bits per heavy atom. The van der Waals surface area contributed by atoms with E-state index >= 15 is 0 Å². The first kappa shape index (κ1) is 17.0. The van der Waals surface area contributed by atoms with Gasteiger partial charge in [0.15, 0.2) is 5.69 Å². The van der Waals surface area contributed by atoms with Gasteiger partial charge in [0.05, 0.1) is 5.69 Å². The summed E-state index contributed by atoms with van der Waals surface area (Å²) in [6, 6.07) is 11.0. The first-order valence-electron chi connectivity index (χ1n) is 9.56. The number of nitrogens with one attached hydrogen (secondary N) is 1. The van der Waals surface area contributed by atoms with Gasteiger partial charge in [0.1, 0.15) is 0 Å². The zero-order valence-corrected chi connectivity index (χ0v) is 15.1. The fourth-order valence-electron chi connectivity index (χ4n) is 4.72. The minimum atomic E-state index is -0.372. The van der Waals surface area contributed by atoms with E-state index < -0.39 is 0 Å². The van der Waals surface area contributed by atoms with Gasteiger partial charge in [-0.15, -0.1) is 0 Å². The molecule has 2 bridgehead atoms. The molecule has 5 nitrogen and oxygen atoms in total. The first-order chi connectivity index (χ1) is 12.6. The average Bonchev–Trinajstić information content (AvgIpc) is 3.25. The molecule has 1 aromatic heterocycles. The Kier molecular flexibility index (Phi) is 4.62. The van der Waals surface area contributed by atoms with Crippen LogP contribution in [-0.2, 0) is 0 Å². The SMILES string of the molecule is Cc1cc(=O)c(C(=O)NCC[C@@H]2C[C@H]3CC[C@H]2C3)nn1-c1ccccc1. The summed E-state index contributed by atoms with van der Waals surface area (Å²) in [6.07, 6.45) is 6.43. The monoisotopic (exact) mass is 351 g/mol. The smallest absolute Gasteiger partial charge is 0.275 e. The van der Waals surface area contributed by atoms with E-state index in [9.17, 15) is 9.59 Å². The number of hydrogen-bond acceptors (Lipinski definition) is 3. The molecule has 136 valence electrons. The van der Waals surface area contributed by atoms with Crippen molar-refractivity contribution in [2.24, 2.45) is 17.8 Å². The third-order valence-electron chi connectivity index (χ3n) is 6.01. The Morgan fingerprint density at radius 2 is 2.04 bits per heavy atom. The van der Waals surface area contributed by atoms with Gasteiger partial charge in [0.2, 0.25) is 5.43 Å². The van der Waals surface area contributed by atoms with Crippen LogP contribution >= 0.6 is 0 Å². The molecule has 5 heteroatoms. The van der Waals surface area contributed by atoms with E-state index in [0.717, 1.165) is 29.9 Å². The van der Waals surface area contributed by atoms with Crippen LogP contribution in [0.3, 0.4) is 0 Å². The molecule has 2 saturated carbocycles. The number of aromatic nitrogens is 2. The van der Waals surface area contributed by atoms with Crippen molar-refractivity contribution in [3.63, 3.8) is 0 Å². The van der Waals surface area contributed by atoms with Crippen LogP contribution in [0.1, 0.15) is 48.3 Å². The van der Waals surface area contributed by atoms with Gasteiger partial charge in [-0.25, -0.2) is 4.68 Å². The van der Waals surface area contributed by atoms with Crippen LogP contribution in [0.5, 0.6) is 0 Å². The highest BCUT2D eigenvalue weighted by Gasteiger charge is 2.38. The maximum absolute atomic E-state index is 12.5. The van der Waals surface area contributed by atoms with Crippen LogP contribution in [0.15, 0.2) is 41.2 Å². The summed E-state index contributed by atoms with van der Waals surface area (Å²) in [5.74, 6) is 2.13. The third-order valence-corrected chi connectivity index (χ3v) is 6.01. The molecule has 1 N–H and O–H groups in total. The molecule has 2 aliphatic rings. The molecule has 3 atom stereocenters. The molecule has 26 heavy (non-hydrogen) atoms. The summed E-state index contributed by atoms with van der Waals surface area (Å²) < 4.78 is 1.65. The van der Waals surface area contributed by atoms with Gasteiger partial charge in [0.25, 0.3) is 5.91 Å². The predicted molar refractivity (Wildman–Crippen MR) is 100 cm³/mol. The molecule has 1 aromatic carbocycles. The third kappa shape index (κ3) is 3.30. The number of rotatable bonds is 5. The van der Waals surface area contributed by atoms with Crippen molar-refractivity contribution in [2.45, 2.75) is 39.0 Å². The van der Waals surface area contributed by atoms with Crippen LogP contribution < -0.4 is 10.7 Å². The number of hydrogen-bond donors (Lipinski definition) is 1. The lowest BCUT2D eigenvalue weighted by molar-refractivity contribution is 0.0941. The fraction of sp³-hybridized carbons (Fsp3) is 0.476. The van der Waals surface area contributed by atoms with Crippen molar-refractivity contribution < 1.29 is 4.79 Å². The lowest BCUT2D eigenvalue weighted by Crippen LogP contribution is -2.33. The van der Waals surface area contributed by atoms with E-state index in [0.29, 0.717) is 12.2 Å². The molecule has 4 rings (SSSR count). The number of aryl methyl sites for hydroxylation is 1. The van der Waals surface area contributed by atoms with E-state index in [1.165, 1.54) is 31.7 Å². The second-order valence-corrected chi connectivity index (χ2v) is 7.73. The number of carbonyl (C=O) groups excluding carboxylic acids is 1. The highest BCUT2D eigenvalue weighted by Crippen LogP contribution is 2.49. The minimum Gasteiger partial charge on any atom is -0.351 e. The molecule has 0 aliphatic heterocycles. The standard InChI is InChI=1S/C21H25N3O2/c1-14-11-19(25)20(23-24(14)18-5-3-2-4-6-18)21(26)22-10-9-17-13-15-7-8-16(17)12-15/h2-6,11,15-17H,7-10,12-13H2,1H3,(H,22,26)/t15-,16-,17+/m0/s1. The van der Waals surface area contributed by atoms with Crippen molar-refractivity contribution in [1.29, 1.82) is 0 Å². The van der Waals surface area contributed by atoms with Gasteiger partial charge in [-0.3, -0.25) is 9.59 Å². The maximum Gasteiger partial charge on any atom is 0.275 e. The van der Waals surface area contributed by atoms with E-state index in [2.05, 4.69) is 10.4 Å². The topological polar surface area (TPSA) is 64.0 Å². The van der Waals surface area contributed by atoms with Crippen molar-refractivity contribution in [1.82, 2.24) is 15.1 Å². The fourth-order valence-corrected chi connectivity index (χ4v) is 4.72. The highest BCUT2D eigenvalue weighted by molar-refractivity contribution is 5.92. The quantitative estimate of drug-likeness (QED) is 0.900. The minimum absolute atomic E-state index is 0.0348. The Morgan fingerprint density at radius 1 is 1.23 bits per heavy atom. The summed E-state index contributed by atoms with van der Waals surface area (Å²) >= 11 is 0. The number of para-hydroxylation sites is 1. The van der Waals surface area contributed by atoms with Crippen LogP contribution in [0.25, 0.3) is 5.69 Å². The van der Waals surface area contributed by atoms with Crippen LogP contribution in [0.2, 0.25) is 0 Å². The molecule has 0 unspecified atom stereocenters. The van der Waals surface area contributed by atoms with Crippen molar-refractivity contribution in [3.05, 3.63) is 58.0 Å². The Balaban J connectivity index is 1.44. The van der Waals surface area contributed by atoms with Crippen LogP contribution in [-0.4, -0.2) is 22.2 Å². The van der Waals surface area contributed by atoms with Gasteiger partial charge < -0.3 is 5.32 Å². The lowest BCUT2D eigenvalue weighted by atomic mass is 9.86. The predicted octanol–water partition coefficient (Wildman–Crippen LogP) is 3.10. The normalized spacial score (nSPS) is 24.0. The van der Waals surface area contributed by atoms with Crippen LogP contribution in [0.4, 0.5) is 0 Å². The van der Waals surface area contributed by atoms with Crippen molar-refractivity contribution in [3.8, 4) is 5.69 Å². The maximum atomic E-state index is 12.5. The molecular weight excluding hydrogens is 326 g/mol. The molecule has 0 saturated heterocycles. The molecule has 2 fully saturated rings. The zero-order valence-electron chi connectivity index (χ0n) is 15.1. The molecular formula is C21H25N3O2. The van der Waals surface area contributed by atoms with Gasteiger partial charge in [0, 0.05) is 18.3 Å². The largest absolute Gasteiger partial charge is 0.351 e. The Labute approximate surface area is 153 Å². The molecule has 2 aromatic rings. The summed E-state index contributed by atoms with van der Waals surface area (Å²) in [4.78, 5) is 24.8. The molecule has 0 radical (unpaired) electrons. The highest BCUT2D eigenvalue weighted by atomic mass is 16.2. The summed E-state index contributed by atoms with van der Waals surface area (Å²) in [5, 5.41) is 7.23. The van der Waals surface area contributed by atoms with Crippen molar-refractivity contribution >= 4 is 5.91 Å². The van der Waals surface area contributed by atoms with Crippen molar-refractivity contribution in [2.75, 3.05) is 6.54 Å². The molecule has 0 spiro atoms. The van der Waals surface area contributed by atoms with Gasteiger partial charge in [-0.05, 0) is 62.5 Å². The lowest BCUT2D eigenvalue weighted by Gasteiger charge is -2.21. The molecule has 2 aliphatic carbocycles. The molecule has 1 heterocycles. The van der Waals surface area contributed by atoms with E-state index in [1.807, 2.05) is 37.3 Å². The Hall–Kier alpha value is -2.43. The second kappa shape index (κ2) is 7.06. The number of amides is 1. The summed E-state index contributed by atoms with van der Waals surface area (Å²) in [7, 11) is 0.